The average Bonchev–Trinajstić information content (AvgIpc) is 2.69. The molecule has 7 heteroatoms. The number of anilines is 2. The van der Waals surface area contributed by atoms with Crippen molar-refractivity contribution in [1.82, 2.24) is 15.0 Å². The SMILES string of the molecule is Cc1nc(Cl)c2c(n1)N(Cc1cccnc1)C(S)N2. The molecule has 1 aliphatic heterocycles. The van der Waals surface area contributed by atoms with Gasteiger partial charge in [0.25, 0.3) is 0 Å². The fourth-order valence-electron chi connectivity index (χ4n) is 2.03. The highest BCUT2D eigenvalue weighted by atomic mass is 35.5. The first-order valence-electron chi connectivity index (χ1n) is 5.79. The zero-order valence-corrected chi connectivity index (χ0v) is 11.9. The molecule has 0 spiro atoms. The van der Waals surface area contributed by atoms with Crippen molar-refractivity contribution in [2.24, 2.45) is 0 Å². The largest absolute Gasteiger partial charge is 0.351 e. The van der Waals surface area contributed by atoms with Crippen molar-refractivity contribution in [3.8, 4) is 0 Å². The van der Waals surface area contributed by atoms with Crippen molar-refractivity contribution in [2.45, 2.75) is 19.0 Å². The molecule has 5 nitrogen and oxygen atoms in total. The fraction of sp³-hybridized carbons (Fsp3) is 0.250. The molecule has 0 bridgehead atoms. The van der Waals surface area contributed by atoms with Crippen LogP contribution in [0.5, 0.6) is 0 Å². The normalized spacial score (nSPS) is 17.2. The van der Waals surface area contributed by atoms with E-state index in [4.69, 9.17) is 11.6 Å². The fourth-order valence-corrected chi connectivity index (χ4v) is 2.61. The summed E-state index contributed by atoms with van der Waals surface area (Å²) < 4.78 is 0. The first-order chi connectivity index (χ1) is 9.15. The molecule has 1 unspecified atom stereocenters. The lowest BCUT2D eigenvalue weighted by atomic mass is 10.3. The van der Waals surface area contributed by atoms with Gasteiger partial charge in [-0.05, 0) is 18.6 Å². The van der Waals surface area contributed by atoms with Crippen LogP contribution in [0.25, 0.3) is 0 Å². The molecule has 0 aliphatic carbocycles. The molecule has 0 saturated carbocycles. The Morgan fingerprint density at radius 2 is 2.32 bits per heavy atom. The highest BCUT2D eigenvalue weighted by molar-refractivity contribution is 7.81. The van der Waals surface area contributed by atoms with Gasteiger partial charge >= 0.3 is 0 Å². The van der Waals surface area contributed by atoms with Gasteiger partial charge in [-0.1, -0.05) is 17.7 Å². The van der Waals surface area contributed by atoms with Crippen LogP contribution in [0.4, 0.5) is 11.5 Å². The van der Waals surface area contributed by atoms with Crippen LogP contribution in [0.2, 0.25) is 5.15 Å². The zero-order valence-electron chi connectivity index (χ0n) is 10.2. The highest BCUT2D eigenvalue weighted by Gasteiger charge is 2.30. The molecule has 0 fully saturated rings. The van der Waals surface area contributed by atoms with Gasteiger partial charge in [-0.25, -0.2) is 9.97 Å². The molecule has 1 atom stereocenters. The number of nitrogens with one attached hydrogen (secondary N) is 1. The first kappa shape index (κ1) is 12.5. The number of aromatic nitrogens is 3. The van der Waals surface area contributed by atoms with Crippen molar-refractivity contribution < 1.29 is 0 Å². The van der Waals surface area contributed by atoms with Crippen LogP contribution in [0.3, 0.4) is 0 Å². The summed E-state index contributed by atoms with van der Waals surface area (Å²) in [5, 5.41) is 3.60. The van der Waals surface area contributed by atoms with Gasteiger partial charge in [0.2, 0.25) is 0 Å². The van der Waals surface area contributed by atoms with E-state index < -0.39 is 0 Å². The van der Waals surface area contributed by atoms with E-state index in [1.807, 2.05) is 30.2 Å². The van der Waals surface area contributed by atoms with Crippen LogP contribution in [-0.2, 0) is 6.54 Å². The van der Waals surface area contributed by atoms with E-state index in [2.05, 4.69) is 32.9 Å². The minimum Gasteiger partial charge on any atom is -0.351 e. The van der Waals surface area contributed by atoms with E-state index in [0.717, 1.165) is 17.1 Å². The predicted octanol–water partition coefficient (Wildman–Crippen LogP) is 2.48. The topological polar surface area (TPSA) is 53.9 Å². The van der Waals surface area contributed by atoms with Crippen molar-refractivity contribution in [3.63, 3.8) is 0 Å². The van der Waals surface area contributed by atoms with E-state index in [1.54, 1.807) is 6.20 Å². The van der Waals surface area contributed by atoms with Crippen LogP contribution >= 0.6 is 24.2 Å². The van der Waals surface area contributed by atoms with Crippen molar-refractivity contribution in [2.75, 3.05) is 10.2 Å². The lowest BCUT2D eigenvalue weighted by Crippen LogP contribution is -2.30. The Bertz CT molecular complexity index is 607. The van der Waals surface area contributed by atoms with Crippen molar-refractivity contribution >= 4 is 35.7 Å². The van der Waals surface area contributed by atoms with E-state index in [1.165, 1.54) is 0 Å². The maximum atomic E-state index is 6.12. The van der Waals surface area contributed by atoms with E-state index in [0.29, 0.717) is 17.5 Å². The Labute approximate surface area is 121 Å². The first-order valence-corrected chi connectivity index (χ1v) is 6.69. The minimum absolute atomic E-state index is 0.177. The molecule has 19 heavy (non-hydrogen) atoms. The van der Waals surface area contributed by atoms with Gasteiger partial charge in [-0.15, -0.1) is 12.6 Å². The number of aryl methyl sites for hydroxylation is 1. The Kier molecular flexibility index (Phi) is 3.20. The summed E-state index contributed by atoms with van der Waals surface area (Å²) in [4.78, 5) is 14.7. The summed E-state index contributed by atoms with van der Waals surface area (Å²) in [6.45, 7) is 2.48. The molecule has 1 aliphatic rings. The molecule has 0 amide bonds. The lowest BCUT2D eigenvalue weighted by Gasteiger charge is -2.22. The average molecular weight is 294 g/mol. The third-order valence-corrected chi connectivity index (χ3v) is 3.56. The highest BCUT2D eigenvalue weighted by Crippen LogP contribution is 2.38. The number of hydrogen-bond acceptors (Lipinski definition) is 6. The summed E-state index contributed by atoms with van der Waals surface area (Å²) in [7, 11) is 0. The summed E-state index contributed by atoms with van der Waals surface area (Å²) >= 11 is 10.6. The van der Waals surface area contributed by atoms with E-state index in [9.17, 15) is 0 Å². The number of rotatable bonds is 2. The number of halogens is 1. The maximum Gasteiger partial charge on any atom is 0.160 e. The minimum atomic E-state index is -0.177. The number of hydrogen-bond donors (Lipinski definition) is 2. The quantitative estimate of drug-likeness (QED) is 0.658. The number of pyridine rings is 1. The summed E-state index contributed by atoms with van der Waals surface area (Å²) in [6.07, 6.45) is 3.58. The van der Waals surface area contributed by atoms with Crippen molar-refractivity contribution in [3.05, 3.63) is 41.1 Å². The van der Waals surface area contributed by atoms with Crippen LogP contribution in [-0.4, -0.2) is 20.4 Å². The van der Waals surface area contributed by atoms with Crippen LogP contribution in [0.1, 0.15) is 11.4 Å². The Morgan fingerprint density at radius 1 is 1.47 bits per heavy atom. The van der Waals surface area contributed by atoms with E-state index in [-0.39, 0.29) is 5.50 Å². The molecule has 0 radical (unpaired) electrons. The van der Waals surface area contributed by atoms with E-state index >= 15 is 0 Å². The third-order valence-electron chi connectivity index (χ3n) is 2.87. The Morgan fingerprint density at radius 3 is 3.05 bits per heavy atom. The summed E-state index contributed by atoms with van der Waals surface area (Å²) in [5.74, 6) is 1.42. The van der Waals surface area contributed by atoms with Crippen molar-refractivity contribution in [1.29, 1.82) is 0 Å². The standard InChI is InChI=1S/C12H12ClN5S/c1-7-15-10(13)9-11(16-7)18(12(19)17-9)6-8-3-2-4-14-5-8/h2-5,12,17,19H,6H2,1H3. The van der Waals surface area contributed by atoms with Crippen LogP contribution in [0.15, 0.2) is 24.5 Å². The second-order valence-electron chi connectivity index (χ2n) is 4.27. The molecular formula is C12H12ClN5S. The smallest absolute Gasteiger partial charge is 0.160 e. The molecule has 0 saturated heterocycles. The van der Waals surface area contributed by atoms with Gasteiger partial charge in [0, 0.05) is 18.9 Å². The number of thiol groups is 1. The Hall–Kier alpha value is -1.53. The molecule has 2 aromatic rings. The second-order valence-corrected chi connectivity index (χ2v) is 5.11. The lowest BCUT2D eigenvalue weighted by molar-refractivity contribution is 0.816. The van der Waals surface area contributed by atoms with Gasteiger partial charge < -0.3 is 10.2 Å². The van der Waals surface area contributed by atoms with Crippen LogP contribution in [0, 0.1) is 6.92 Å². The second kappa shape index (κ2) is 4.86. The Balaban J connectivity index is 1.96. The third kappa shape index (κ3) is 2.33. The van der Waals surface area contributed by atoms with Crippen LogP contribution < -0.4 is 10.2 Å². The zero-order chi connectivity index (χ0) is 13.4. The van der Waals surface area contributed by atoms with Gasteiger partial charge in [0.1, 0.15) is 17.0 Å². The predicted molar refractivity (Wildman–Crippen MR) is 78.6 cm³/mol. The molecule has 2 aromatic heterocycles. The maximum absolute atomic E-state index is 6.12. The van der Waals surface area contributed by atoms with Gasteiger partial charge in [0.05, 0.1) is 0 Å². The van der Waals surface area contributed by atoms with Gasteiger partial charge in [-0.2, -0.15) is 0 Å². The van der Waals surface area contributed by atoms with Gasteiger partial charge in [-0.3, -0.25) is 4.98 Å². The van der Waals surface area contributed by atoms with Gasteiger partial charge in [0.15, 0.2) is 11.0 Å². The summed E-state index contributed by atoms with van der Waals surface area (Å²) in [6, 6.07) is 3.92. The summed E-state index contributed by atoms with van der Waals surface area (Å²) in [5.41, 5.74) is 1.64. The molecule has 1 N–H and O–H groups in total. The molecular weight excluding hydrogens is 282 g/mol. The molecule has 0 aromatic carbocycles. The monoisotopic (exact) mass is 293 g/mol. The number of fused-ring (bicyclic) bond motifs is 1. The molecule has 3 heterocycles. The molecule has 98 valence electrons. The number of nitrogens with zero attached hydrogens (tertiary/aromatic N) is 4. The molecule has 3 rings (SSSR count).